The van der Waals surface area contributed by atoms with Gasteiger partial charge in [0.15, 0.2) is 5.78 Å². The van der Waals surface area contributed by atoms with Crippen LogP contribution in [0.3, 0.4) is 0 Å². The second kappa shape index (κ2) is 9.51. The maximum atomic E-state index is 13.5. The molecule has 2 aliphatic rings. The van der Waals surface area contributed by atoms with Crippen LogP contribution in [0.25, 0.3) is 0 Å². The summed E-state index contributed by atoms with van der Waals surface area (Å²) >= 11 is 0. The van der Waals surface area contributed by atoms with Crippen LogP contribution in [0.2, 0.25) is 0 Å². The fraction of sp³-hybridized carbons (Fsp3) is 0.370. The zero-order valence-corrected chi connectivity index (χ0v) is 18.8. The van der Waals surface area contributed by atoms with E-state index in [1.807, 2.05) is 56.3 Å². The van der Waals surface area contributed by atoms with Crippen LogP contribution in [-0.2, 0) is 14.3 Å². The number of esters is 1. The van der Waals surface area contributed by atoms with E-state index in [0.29, 0.717) is 36.5 Å². The molecule has 2 aromatic carbocycles. The number of ether oxygens (including phenoxy) is 2. The monoisotopic (exact) mass is 431 g/mol. The molecule has 32 heavy (non-hydrogen) atoms. The van der Waals surface area contributed by atoms with E-state index in [4.69, 9.17) is 14.5 Å². The number of carbonyl (C=O) groups is 2. The molecule has 1 unspecified atom stereocenters. The van der Waals surface area contributed by atoms with Crippen LogP contribution in [0, 0.1) is 5.92 Å². The van der Waals surface area contributed by atoms with E-state index in [1.165, 1.54) is 0 Å². The molecule has 4 rings (SSSR count). The van der Waals surface area contributed by atoms with Gasteiger partial charge in [0, 0.05) is 29.3 Å². The molecule has 0 saturated carbocycles. The van der Waals surface area contributed by atoms with Gasteiger partial charge in [-0.25, -0.2) is 0 Å². The Balaban J connectivity index is 1.79. The second-order valence-corrected chi connectivity index (χ2v) is 8.45. The predicted molar refractivity (Wildman–Crippen MR) is 124 cm³/mol. The molecule has 0 radical (unpaired) electrons. The van der Waals surface area contributed by atoms with Gasteiger partial charge < -0.3 is 9.47 Å². The molecule has 0 bridgehead atoms. The van der Waals surface area contributed by atoms with Gasteiger partial charge in [-0.05, 0) is 48.9 Å². The first kappa shape index (κ1) is 22.0. The number of carbonyl (C=O) groups excluding carboxylic acids is 2. The summed E-state index contributed by atoms with van der Waals surface area (Å²) in [6, 6.07) is 17.7. The minimum absolute atomic E-state index is 0.0532. The fourth-order valence-electron chi connectivity index (χ4n) is 4.81. The lowest BCUT2D eigenvalue weighted by molar-refractivity contribution is -0.146. The molecule has 5 nitrogen and oxygen atoms in total. The number of methoxy groups -OCH3 is 1. The van der Waals surface area contributed by atoms with Gasteiger partial charge in [-0.1, -0.05) is 49.4 Å². The third-order valence-corrected chi connectivity index (χ3v) is 6.31. The molecule has 1 heterocycles. The van der Waals surface area contributed by atoms with Crippen LogP contribution in [0.4, 0.5) is 0 Å². The average molecular weight is 432 g/mol. The van der Waals surface area contributed by atoms with Crippen molar-refractivity contribution in [3.05, 3.63) is 77.0 Å². The Morgan fingerprint density at radius 3 is 2.53 bits per heavy atom. The molecule has 0 amide bonds. The number of aliphatic imine (C=N–C) groups is 1. The topological polar surface area (TPSA) is 65.0 Å². The summed E-state index contributed by atoms with van der Waals surface area (Å²) in [6.07, 6.45) is 1.83. The van der Waals surface area contributed by atoms with E-state index in [0.717, 1.165) is 23.2 Å². The number of Topliss-reactive ketones (excluding diaryl/α,β-unsaturated/α-hetero) is 1. The highest BCUT2D eigenvalue weighted by atomic mass is 16.5. The maximum absolute atomic E-state index is 13.5. The molecule has 0 saturated heterocycles. The van der Waals surface area contributed by atoms with Crippen LogP contribution in [0.5, 0.6) is 5.75 Å². The summed E-state index contributed by atoms with van der Waals surface area (Å²) in [7, 11) is 1.61. The lowest BCUT2D eigenvalue weighted by Crippen LogP contribution is -2.38. The number of allylic oxidation sites excluding steroid dienone is 2. The van der Waals surface area contributed by atoms with Crippen molar-refractivity contribution in [2.45, 2.75) is 44.9 Å². The SMILES string of the molecule is CCCOC(=O)C1C(C)=NC2=C(C(=O)C[C@H](c3ccccc3)C2)[C@@H]1c1cccc(OC)c1. The van der Waals surface area contributed by atoms with Crippen molar-refractivity contribution in [2.24, 2.45) is 10.9 Å². The summed E-state index contributed by atoms with van der Waals surface area (Å²) in [6.45, 7) is 4.18. The normalized spacial score (nSPS) is 22.8. The summed E-state index contributed by atoms with van der Waals surface area (Å²) in [5, 5.41) is 0. The molecule has 0 fully saturated rings. The van der Waals surface area contributed by atoms with Gasteiger partial charge >= 0.3 is 5.97 Å². The van der Waals surface area contributed by atoms with E-state index in [9.17, 15) is 9.59 Å². The summed E-state index contributed by atoms with van der Waals surface area (Å²) in [5.74, 6) is -0.539. The molecule has 3 atom stereocenters. The zero-order valence-electron chi connectivity index (χ0n) is 18.8. The van der Waals surface area contributed by atoms with Crippen LogP contribution >= 0.6 is 0 Å². The number of rotatable bonds is 6. The number of benzene rings is 2. The van der Waals surface area contributed by atoms with Crippen LogP contribution < -0.4 is 4.74 Å². The third-order valence-electron chi connectivity index (χ3n) is 6.31. The molecule has 0 spiro atoms. The third kappa shape index (κ3) is 4.24. The van der Waals surface area contributed by atoms with Crippen molar-refractivity contribution in [3.63, 3.8) is 0 Å². The minimum Gasteiger partial charge on any atom is -0.497 e. The molecular weight excluding hydrogens is 402 g/mol. The minimum atomic E-state index is -0.621. The van der Waals surface area contributed by atoms with E-state index in [2.05, 4.69) is 12.1 Å². The van der Waals surface area contributed by atoms with E-state index >= 15 is 0 Å². The predicted octanol–water partition coefficient (Wildman–Crippen LogP) is 5.22. The molecular formula is C27H29NO4. The van der Waals surface area contributed by atoms with Gasteiger partial charge in [0.2, 0.25) is 0 Å². The van der Waals surface area contributed by atoms with Crippen molar-refractivity contribution < 1.29 is 19.1 Å². The van der Waals surface area contributed by atoms with Crippen molar-refractivity contribution >= 4 is 17.5 Å². The fourth-order valence-corrected chi connectivity index (χ4v) is 4.81. The maximum Gasteiger partial charge on any atom is 0.315 e. The van der Waals surface area contributed by atoms with E-state index < -0.39 is 11.8 Å². The highest BCUT2D eigenvalue weighted by Crippen LogP contribution is 2.47. The first-order valence-electron chi connectivity index (χ1n) is 11.2. The highest BCUT2D eigenvalue weighted by Gasteiger charge is 2.44. The van der Waals surface area contributed by atoms with Gasteiger partial charge in [0.05, 0.1) is 13.7 Å². The number of hydrogen-bond donors (Lipinski definition) is 0. The molecule has 1 aliphatic carbocycles. The molecule has 5 heteroatoms. The van der Waals surface area contributed by atoms with E-state index in [-0.39, 0.29) is 17.7 Å². The van der Waals surface area contributed by atoms with E-state index in [1.54, 1.807) is 7.11 Å². The molecule has 166 valence electrons. The quantitative estimate of drug-likeness (QED) is 0.588. The standard InChI is InChI=1S/C27H29NO4/c1-4-13-32-27(30)24-17(2)28-22-15-20(18-9-6-5-7-10-18)16-23(29)26(22)25(24)19-11-8-12-21(14-19)31-3/h5-12,14,20,24-25H,4,13,15-16H2,1-3H3/t20-,24?,25-/m1/s1. The van der Waals surface area contributed by atoms with Gasteiger partial charge in [-0.2, -0.15) is 0 Å². The van der Waals surface area contributed by atoms with Crippen LogP contribution in [0.15, 0.2) is 70.9 Å². The van der Waals surface area contributed by atoms with Crippen LogP contribution in [-0.4, -0.2) is 31.2 Å². The largest absolute Gasteiger partial charge is 0.497 e. The summed E-state index contributed by atoms with van der Waals surface area (Å²) in [4.78, 5) is 31.4. The lowest BCUT2D eigenvalue weighted by Gasteiger charge is -2.36. The van der Waals surface area contributed by atoms with Gasteiger partial charge in [-0.3, -0.25) is 14.6 Å². The number of nitrogens with zero attached hydrogens (tertiary/aromatic N) is 1. The molecule has 2 aromatic rings. The summed E-state index contributed by atoms with van der Waals surface area (Å²) in [5.41, 5.74) is 4.15. The Morgan fingerprint density at radius 1 is 1.06 bits per heavy atom. The van der Waals surface area contributed by atoms with Gasteiger partial charge in [0.1, 0.15) is 11.7 Å². The Hall–Kier alpha value is -3.21. The van der Waals surface area contributed by atoms with Crippen molar-refractivity contribution in [1.29, 1.82) is 0 Å². The number of ketones is 1. The first-order valence-corrected chi connectivity index (χ1v) is 11.2. The molecule has 0 aromatic heterocycles. The summed E-state index contributed by atoms with van der Waals surface area (Å²) < 4.78 is 11.0. The molecule has 1 aliphatic heterocycles. The van der Waals surface area contributed by atoms with Crippen molar-refractivity contribution in [1.82, 2.24) is 0 Å². The second-order valence-electron chi connectivity index (χ2n) is 8.45. The Bertz CT molecular complexity index is 1070. The highest BCUT2D eigenvalue weighted by molar-refractivity contribution is 6.09. The van der Waals surface area contributed by atoms with Crippen molar-refractivity contribution in [3.8, 4) is 5.75 Å². The Kier molecular flexibility index (Phi) is 6.54. The Morgan fingerprint density at radius 2 is 1.81 bits per heavy atom. The Labute approximate surface area is 189 Å². The molecule has 0 N–H and O–H groups in total. The first-order chi connectivity index (χ1) is 15.5. The van der Waals surface area contributed by atoms with Gasteiger partial charge in [0.25, 0.3) is 0 Å². The number of hydrogen-bond acceptors (Lipinski definition) is 5. The lowest BCUT2D eigenvalue weighted by atomic mass is 9.69. The zero-order chi connectivity index (χ0) is 22.7. The smallest absolute Gasteiger partial charge is 0.315 e. The van der Waals surface area contributed by atoms with Gasteiger partial charge in [-0.15, -0.1) is 0 Å². The van der Waals surface area contributed by atoms with Crippen LogP contribution in [0.1, 0.15) is 56.1 Å². The average Bonchev–Trinajstić information content (AvgIpc) is 2.82. The van der Waals surface area contributed by atoms with Crippen molar-refractivity contribution in [2.75, 3.05) is 13.7 Å².